The first-order chi connectivity index (χ1) is 12.3. The Labute approximate surface area is 159 Å². The predicted octanol–water partition coefficient (Wildman–Crippen LogP) is 5.54. The summed E-state index contributed by atoms with van der Waals surface area (Å²) in [7, 11) is 0. The fourth-order valence-corrected chi connectivity index (χ4v) is 8.16. The molecule has 8 atom stereocenters. The first-order valence-electron chi connectivity index (χ1n) is 11.2. The first kappa shape index (κ1) is 18.7. The maximum Gasteiger partial charge on any atom is 0.155 e. The van der Waals surface area contributed by atoms with Crippen molar-refractivity contribution in [2.45, 2.75) is 91.6 Å². The highest BCUT2D eigenvalue weighted by atomic mass is 16.3. The van der Waals surface area contributed by atoms with Crippen molar-refractivity contribution < 1.29 is 9.90 Å². The molecule has 0 aliphatic heterocycles. The molecule has 0 bridgehead atoms. The van der Waals surface area contributed by atoms with Gasteiger partial charge in [0.15, 0.2) is 5.78 Å². The van der Waals surface area contributed by atoms with E-state index in [1.807, 2.05) is 6.08 Å². The summed E-state index contributed by atoms with van der Waals surface area (Å²) in [6, 6.07) is 0. The van der Waals surface area contributed by atoms with Crippen LogP contribution in [0.5, 0.6) is 0 Å². The van der Waals surface area contributed by atoms with E-state index in [1.165, 1.54) is 44.1 Å². The van der Waals surface area contributed by atoms with E-state index in [1.54, 1.807) is 0 Å². The van der Waals surface area contributed by atoms with Crippen LogP contribution in [0.15, 0.2) is 11.6 Å². The van der Waals surface area contributed by atoms with Gasteiger partial charge in [0.1, 0.15) is 0 Å². The minimum atomic E-state index is -0.241. The normalized spacial score (nSPS) is 49.0. The number of carbonyl (C=O) groups is 1. The molecule has 0 amide bonds. The van der Waals surface area contributed by atoms with Gasteiger partial charge in [-0.3, -0.25) is 4.79 Å². The highest BCUT2D eigenvalue weighted by Crippen LogP contribution is 2.67. The van der Waals surface area contributed by atoms with Crippen LogP contribution < -0.4 is 0 Å². The van der Waals surface area contributed by atoms with E-state index in [4.69, 9.17) is 0 Å². The Morgan fingerprint density at radius 3 is 2.69 bits per heavy atom. The van der Waals surface area contributed by atoms with Gasteiger partial charge in [-0.25, -0.2) is 0 Å². The summed E-state index contributed by atoms with van der Waals surface area (Å²) in [6.45, 7) is 9.75. The van der Waals surface area contributed by atoms with Crippen molar-refractivity contribution in [3.05, 3.63) is 11.6 Å². The molecule has 4 aliphatic rings. The molecule has 0 radical (unpaired) electrons. The molecule has 3 saturated carbocycles. The van der Waals surface area contributed by atoms with Gasteiger partial charge in [0.2, 0.25) is 0 Å². The molecule has 3 fully saturated rings. The number of fused-ring (bicyclic) bond motifs is 5. The second-order valence-corrected chi connectivity index (χ2v) is 10.6. The molecule has 1 N–H and O–H groups in total. The third-order valence-corrected chi connectivity index (χ3v) is 9.49. The standard InChI is InChI=1S/C24H38O2/c1-5-6-15(2)18-7-8-19-22-20(10-12-24(18,19)4)23(3)11-9-17(25)13-16(23)14-21(22)26/h13,15,18-22,26H,5-12,14H2,1-4H3/t15-,18-,19?,20?,21?,22+,23+,24-/m1/s1. The van der Waals surface area contributed by atoms with Crippen LogP contribution in [0.1, 0.15) is 85.5 Å². The van der Waals surface area contributed by atoms with Crippen molar-refractivity contribution >= 4 is 5.78 Å². The Morgan fingerprint density at radius 2 is 1.96 bits per heavy atom. The number of aliphatic hydroxyl groups is 1. The van der Waals surface area contributed by atoms with Crippen molar-refractivity contribution in [3.63, 3.8) is 0 Å². The number of aliphatic hydroxyl groups excluding tert-OH is 1. The molecule has 0 aromatic rings. The molecule has 26 heavy (non-hydrogen) atoms. The highest BCUT2D eigenvalue weighted by molar-refractivity contribution is 5.91. The Bertz CT molecular complexity index is 607. The molecule has 2 nitrogen and oxygen atoms in total. The lowest BCUT2D eigenvalue weighted by Crippen LogP contribution is -2.55. The van der Waals surface area contributed by atoms with E-state index < -0.39 is 0 Å². The Kier molecular flexibility index (Phi) is 4.66. The topological polar surface area (TPSA) is 37.3 Å². The Morgan fingerprint density at radius 1 is 1.19 bits per heavy atom. The van der Waals surface area contributed by atoms with E-state index in [0.29, 0.717) is 29.6 Å². The molecule has 2 heteroatoms. The molecule has 0 heterocycles. The molecule has 0 saturated heterocycles. The second-order valence-electron chi connectivity index (χ2n) is 10.6. The number of carbonyl (C=O) groups excluding carboxylic acids is 1. The van der Waals surface area contributed by atoms with E-state index in [2.05, 4.69) is 27.7 Å². The van der Waals surface area contributed by atoms with Crippen LogP contribution in [-0.4, -0.2) is 17.0 Å². The molecular formula is C24H38O2. The summed E-state index contributed by atoms with van der Waals surface area (Å²) >= 11 is 0. The Balaban J connectivity index is 1.65. The minimum absolute atomic E-state index is 0.159. The van der Waals surface area contributed by atoms with Crippen LogP contribution in [0.4, 0.5) is 0 Å². The summed E-state index contributed by atoms with van der Waals surface area (Å²) in [5, 5.41) is 11.2. The zero-order valence-corrected chi connectivity index (χ0v) is 17.3. The lowest BCUT2D eigenvalue weighted by molar-refractivity contribution is -0.124. The summed E-state index contributed by atoms with van der Waals surface area (Å²) in [5.41, 5.74) is 1.84. The second kappa shape index (κ2) is 6.47. The van der Waals surface area contributed by atoms with Gasteiger partial charge in [-0.1, -0.05) is 46.1 Å². The van der Waals surface area contributed by atoms with Crippen molar-refractivity contribution in [1.29, 1.82) is 0 Å². The van der Waals surface area contributed by atoms with Crippen molar-refractivity contribution in [2.75, 3.05) is 0 Å². The van der Waals surface area contributed by atoms with Gasteiger partial charge in [-0.05, 0) is 85.0 Å². The van der Waals surface area contributed by atoms with Crippen LogP contribution in [0.2, 0.25) is 0 Å². The number of ketones is 1. The third-order valence-electron chi connectivity index (χ3n) is 9.49. The Hall–Kier alpha value is -0.630. The molecule has 0 aromatic heterocycles. The molecule has 3 unspecified atom stereocenters. The molecule has 146 valence electrons. The van der Waals surface area contributed by atoms with Gasteiger partial charge in [-0.2, -0.15) is 0 Å². The zero-order valence-electron chi connectivity index (χ0n) is 17.3. The first-order valence-corrected chi connectivity index (χ1v) is 11.2. The van der Waals surface area contributed by atoms with Gasteiger partial charge in [0.05, 0.1) is 6.10 Å². The average molecular weight is 359 g/mol. The van der Waals surface area contributed by atoms with Crippen LogP contribution in [0, 0.1) is 40.4 Å². The molecule has 0 spiro atoms. The predicted molar refractivity (Wildman–Crippen MR) is 106 cm³/mol. The van der Waals surface area contributed by atoms with E-state index >= 15 is 0 Å². The van der Waals surface area contributed by atoms with E-state index in [0.717, 1.165) is 24.7 Å². The maximum atomic E-state index is 12.0. The van der Waals surface area contributed by atoms with Crippen molar-refractivity contribution in [3.8, 4) is 0 Å². The van der Waals surface area contributed by atoms with Crippen molar-refractivity contribution in [2.24, 2.45) is 40.4 Å². The molecular weight excluding hydrogens is 320 g/mol. The lowest BCUT2D eigenvalue weighted by atomic mass is 9.45. The third kappa shape index (κ3) is 2.58. The van der Waals surface area contributed by atoms with Gasteiger partial charge in [-0.15, -0.1) is 0 Å². The summed E-state index contributed by atoms with van der Waals surface area (Å²) in [4.78, 5) is 12.0. The average Bonchev–Trinajstić information content (AvgIpc) is 2.94. The quantitative estimate of drug-likeness (QED) is 0.719. The van der Waals surface area contributed by atoms with Crippen LogP contribution in [0.25, 0.3) is 0 Å². The maximum absolute atomic E-state index is 12.0. The van der Waals surface area contributed by atoms with E-state index in [-0.39, 0.29) is 17.3 Å². The zero-order chi connectivity index (χ0) is 18.7. The minimum Gasteiger partial charge on any atom is -0.392 e. The summed E-state index contributed by atoms with van der Waals surface area (Å²) in [6.07, 6.45) is 12.0. The van der Waals surface area contributed by atoms with Crippen LogP contribution >= 0.6 is 0 Å². The summed E-state index contributed by atoms with van der Waals surface area (Å²) < 4.78 is 0. The van der Waals surface area contributed by atoms with Gasteiger partial charge in [0.25, 0.3) is 0 Å². The van der Waals surface area contributed by atoms with Gasteiger partial charge in [0, 0.05) is 6.42 Å². The highest BCUT2D eigenvalue weighted by Gasteiger charge is 2.61. The van der Waals surface area contributed by atoms with Crippen LogP contribution in [0.3, 0.4) is 0 Å². The number of hydrogen-bond donors (Lipinski definition) is 1. The van der Waals surface area contributed by atoms with Crippen LogP contribution in [-0.2, 0) is 4.79 Å². The largest absolute Gasteiger partial charge is 0.392 e. The molecule has 4 aliphatic carbocycles. The molecule has 4 rings (SSSR count). The van der Waals surface area contributed by atoms with E-state index in [9.17, 15) is 9.90 Å². The smallest absolute Gasteiger partial charge is 0.155 e. The fourth-order valence-electron chi connectivity index (χ4n) is 8.16. The lowest BCUT2D eigenvalue weighted by Gasteiger charge is -2.59. The fraction of sp³-hybridized carbons (Fsp3) is 0.875. The van der Waals surface area contributed by atoms with Gasteiger partial charge < -0.3 is 5.11 Å². The van der Waals surface area contributed by atoms with Crippen molar-refractivity contribution in [1.82, 2.24) is 0 Å². The SMILES string of the molecule is CCC[C@@H](C)[C@H]1CCC2[C@@H]3C(O)CC4=CC(=O)CC[C@]4(C)C3CC[C@@]21C. The summed E-state index contributed by atoms with van der Waals surface area (Å²) in [5.74, 6) is 3.62. The monoisotopic (exact) mass is 358 g/mol. The van der Waals surface area contributed by atoms with Gasteiger partial charge >= 0.3 is 0 Å². The number of rotatable bonds is 3. The molecule has 0 aromatic carbocycles. The number of hydrogen-bond acceptors (Lipinski definition) is 2.